The lowest BCUT2D eigenvalue weighted by Gasteiger charge is -2.32. The Morgan fingerprint density at radius 3 is 2.35 bits per heavy atom. The second-order valence-electron chi connectivity index (χ2n) is 5.46. The number of carbonyl (C=O) groups is 2. The summed E-state index contributed by atoms with van der Waals surface area (Å²) in [5.41, 5.74) is 1.02. The molecule has 0 radical (unpaired) electrons. The molecule has 1 amide bonds. The summed E-state index contributed by atoms with van der Waals surface area (Å²) in [7, 11) is 0. The molecule has 20 heavy (non-hydrogen) atoms. The number of carbonyl (C=O) groups excluding carboxylic acids is 2. The molecule has 1 aromatic carbocycles. The SMILES string of the molecule is C[C@H](NC(=O)[C@H]1CCCC[C@H]1C(=O)[O-])c1ccccc1. The van der Waals surface area contributed by atoms with Gasteiger partial charge in [0.2, 0.25) is 5.91 Å². The Kier molecular flexibility index (Phi) is 4.77. The summed E-state index contributed by atoms with van der Waals surface area (Å²) >= 11 is 0. The summed E-state index contributed by atoms with van der Waals surface area (Å²) in [6.45, 7) is 1.91. The monoisotopic (exact) mass is 274 g/mol. The van der Waals surface area contributed by atoms with Crippen molar-refractivity contribution >= 4 is 11.9 Å². The van der Waals surface area contributed by atoms with Crippen molar-refractivity contribution in [3.8, 4) is 0 Å². The smallest absolute Gasteiger partial charge is 0.224 e. The molecule has 1 aliphatic rings. The summed E-state index contributed by atoms with van der Waals surface area (Å²) in [4.78, 5) is 23.4. The number of carboxylic acid groups (broad SMARTS) is 1. The lowest BCUT2D eigenvalue weighted by atomic mass is 9.78. The van der Waals surface area contributed by atoms with E-state index in [2.05, 4.69) is 5.32 Å². The van der Waals surface area contributed by atoms with Gasteiger partial charge >= 0.3 is 0 Å². The lowest BCUT2D eigenvalue weighted by molar-refractivity contribution is -0.314. The molecule has 108 valence electrons. The first-order valence-electron chi connectivity index (χ1n) is 7.15. The van der Waals surface area contributed by atoms with Crippen LogP contribution in [-0.4, -0.2) is 11.9 Å². The molecule has 1 aliphatic carbocycles. The predicted octanol–water partition coefficient (Wildman–Crippen LogP) is 1.42. The molecule has 4 nitrogen and oxygen atoms in total. The first-order valence-corrected chi connectivity index (χ1v) is 7.15. The Labute approximate surface area is 119 Å². The summed E-state index contributed by atoms with van der Waals surface area (Å²) in [6, 6.07) is 9.54. The zero-order valence-electron chi connectivity index (χ0n) is 11.7. The van der Waals surface area contributed by atoms with Crippen LogP contribution in [0.5, 0.6) is 0 Å². The number of hydrogen-bond donors (Lipinski definition) is 1. The predicted molar refractivity (Wildman–Crippen MR) is 73.5 cm³/mol. The van der Waals surface area contributed by atoms with Gasteiger partial charge in [-0.2, -0.15) is 0 Å². The summed E-state index contributed by atoms with van der Waals surface area (Å²) in [5.74, 6) is -2.38. The van der Waals surface area contributed by atoms with Crippen LogP contribution >= 0.6 is 0 Å². The fourth-order valence-electron chi connectivity index (χ4n) is 2.87. The van der Waals surface area contributed by atoms with Gasteiger partial charge in [-0.1, -0.05) is 43.2 Å². The van der Waals surface area contributed by atoms with Crippen LogP contribution in [0.2, 0.25) is 0 Å². The van der Waals surface area contributed by atoms with Gasteiger partial charge in [0, 0.05) is 17.8 Å². The van der Waals surface area contributed by atoms with E-state index in [1.807, 2.05) is 37.3 Å². The highest BCUT2D eigenvalue weighted by Gasteiger charge is 2.32. The fraction of sp³-hybridized carbons (Fsp3) is 0.500. The molecule has 0 spiro atoms. The van der Waals surface area contributed by atoms with Gasteiger partial charge in [-0.25, -0.2) is 0 Å². The van der Waals surface area contributed by atoms with E-state index in [9.17, 15) is 14.7 Å². The van der Waals surface area contributed by atoms with Gasteiger partial charge in [0.15, 0.2) is 0 Å². The highest BCUT2D eigenvalue weighted by molar-refractivity contribution is 5.84. The molecule has 0 unspecified atom stereocenters. The average molecular weight is 274 g/mol. The largest absolute Gasteiger partial charge is 0.550 e. The van der Waals surface area contributed by atoms with Crippen LogP contribution in [0.4, 0.5) is 0 Å². The molecule has 3 atom stereocenters. The van der Waals surface area contributed by atoms with Crippen molar-refractivity contribution in [2.45, 2.75) is 38.6 Å². The van der Waals surface area contributed by atoms with E-state index in [1.165, 1.54) is 0 Å². The standard InChI is InChI=1S/C16H21NO3/c1-11(12-7-3-2-4-8-12)17-15(18)13-9-5-6-10-14(13)16(19)20/h2-4,7-8,11,13-14H,5-6,9-10H2,1H3,(H,17,18)(H,19,20)/p-1/t11-,13-,14+/m0/s1. The van der Waals surface area contributed by atoms with Crippen molar-refractivity contribution in [2.75, 3.05) is 0 Å². The van der Waals surface area contributed by atoms with Crippen LogP contribution in [0.3, 0.4) is 0 Å². The molecule has 0 aromatic heterocycles. The Hall–Kier alpha value is -1.84. The van der Waals surface area contributed by atoms with Gasteiger partial charge in [0.25, 0.3) is 0 Å². The molecule has 1 fully saturated rings. The van der Waals surface area contributed by atoms with Gasteiger partial charge in [-0.15, -0.1) is 0 Å². The van der Waals surface area contributed by atoms with Gasteiger partial charge in [-0.05, 0) is 25.3 Å². The quantitative estimate of drug-likeness (QED) is 0.902. The first kappa shape index (κ1) is 14.6. The summed E-state index contributed by atoms with van der Waals surface area (Å²) in [5, 5.41) is 14.1. The third-order valence-electron chi connectivity index (χ3n) is 4.06. The summed E-state index contributed by atoms with van der Waals surface area (Å²) in [6.07, 6.45) is 2.93. The van der Waals surface area contributed by atoms with Crippen molar-refractivity contribution in [1.29, 1.82) is 0 Å². The van der Waals surface area contributed by atoms with Crippen LogP contribution in [-0.2, 0) is 9.59 Å². The van der Waals surface area contributed by atoms with Crippen molar-refractivity contribution < 1.29 is 14.7 Å². The minimum absolute atomic E-state index is 0.118. The third-order valence-corrected chi connectivity index (χ3v) is 4.06. The van der Waals surface area contributed by atoms with Crippen LogP contribution in [0.15, 0.2) is 30.3 Å². The van der Waals surface area contributed by atoms with E-state index in [0.29, 0.717) is 12.8 Å². The highest BCUT2D eigenvalue weighted by atomic mass is 16.4. The molecule has 2 rings (SSSR count). The molecule has 0 heterocycles. The zero-order chi connectivity index (χ0) is 14.5. The normalized spacial score (nSPS) is 23.9. The topological polar surface area (TPSA) is 69.2 Å². The minimum atomic E-state index is -1.10. The second kappa shape index (κ2) is 6.55. The molecular formula is C16H20NO3-. The molecule has 0 aliphatic heterocycles. The van der Waals surface area contributed by atoms with Crippen LogP contribution in [0, 0.1) is 11.8 Å². The number of benzene rings is 1. The third kappa shape index (κ3) is 3.38. The molecular weight excluding hydrogens is 254 g/mol. The number of carboxylic acids is 1. The van der Waals surface area contributed by atoms with Gasteiger partial charge in [0.1, 0.15) is 0 Å². The van der Waals surface area contributed by atoms with Crippen LogP contribution < -0.4 is 10.4 Å². The molecule has 0 bridgehead atoms. The number of nitrogens with one attached hydrogen (secondary N) is 1. The lowest BCUT2D eigenvalue weighted by Crippen LogP contribution is -2.45. The van der Waals surface area contributed by atoms with Crippen molar-refractivity contribution in [1.82, 2.24) is 5.32 Å². The van der Waals surface area contributed by atoms with Gasteiger partial charge < -0.3 is 15.2 Å². The number of aliphatic carboxylic acids is 1. The number of amides is 1. The first-order chi connectivity index (χ1) is 9.59. The van der Waals surface area contributed by atoms with Gasteiger partial charge in [0.05, 0.1) is 6.04 Å². The van der Waals surface area contributed by atoms with Gasteiger partial charge in [-0.3, -0.25) is 4.79 Å². The Morgan fingerprint density at radius 1 is 1.15 bits per heavy atom. The van der Waals surface area contributed by atoms with Crippen molar-refractivity contribution in [2.24, 2.45) is 11.8 Å². The highest BCUT2D eigenvalue weighted by Crippen LogP contribution is 2.30. The summed E-state index contributed by atoms with van der Waals surface area (Å²) < 4.78 is 0. The van der Waals surface area contributed by atoms with E-state index in [1.54, 1.807) is 0 Å². The molecule has 1 N–H and O–H groups in total. The van der Waals surface area contributed by atoms with Crippen LogP contribution in [0.25, 0.3) is 0 Å². The van der Waals surface area contributed by atoms with Crippen molar-refractivity contribution in [3.63, 3.8) is 0 Å². The Balaban J connectivity index is 2.01. The van der Waals surface area contributed by atoms with E-state index >= 15 is 0 Å². The maximum Gasteiger partial charge on any atom is 0.224 e. The van der Waals surface area contributed by atoms with E-state index in [-0.39, 0.29) is 11.9 Å². The average Bonchev–Trinajstić information content (AvgIpc) is 2.48. The second-order valence-corrected chi connectivity index (χ2v) is 5.46. The van der Waals surface area contributed by atoms with E-state index in [0.717, 1.165) is 18.4 Å². The van der Waals surface area contributed by atoms with Crippen LogP contribution in [0.1, 0.15) is 44.2 Å². The number of hydrogen-bond acceptors (Lipinski definition) is 3. The zero-order valence-corrected chi connectivity index (χ0v) is 11.7. The Morgan fingerprint density at radius 2 is 1.75 bits per heavy atom. The van der Waals surface area contributed by atoms with Crippen molar-refractivity contribution in [3.05, 3.63) is 35.9 Å². The maximum atomic E-state index is 12.3. The Bertz CT molecular complexity index is 472. The molecule has 1 aromatic rings. The maximum absolute atomic E-state index is 12.3. The fourth-order valence-corrected chi connectivity index (χ4v) is 2.87. The minimum Gasteiger partial charge on any atom is -0.550 e. The van der Waals surface area contributed by atoms with E-state index in [4.69, 9.17) is 0 Å². The number of rotatable bonds is 4. The van der Waals surface area contributed by atoms with E-state index < -0.39 is 17.8 Å². The molecule has 0 saturated heterocycles. The molecule has 4 heteroatoms. The molecule has 1 saturated carbocycles.